The number of nitrogens with one attached hydrogen (secondary N) is 2. The summed E-state index contributed by atoms with van der Waals surface area (Å²) in [5.74, 6) is 1.33. The molecule has 12 heteroatoms. The summed E-state index contributed by atoms with van der Waals surface area (Å²) >= 11 is 8.07. The third-order valence-electron chi connectivity index (χ3n) is 6.97. The van der Waals surface area contributed by atoms with E-state index in [1.165, 1.54) is 11.8 Å². The number of amides is 1. The van der Waals surface area contributed by atoms with Crippen molar-refractivity contribution >= 4 is 70.9 Å². The number of pyridine rings is 3. The zero-order valence-corrected chi connectivity index (χ0v) is 22.6. The molecule has 0 spiro atoms. The van der Waals surface area contributed by atoms with Gasteiger partial charge in [0.2, 0.25) is 5.91 Å². The molecule has 0 radical (unpaired) electrons. The van der Waals surface area contributed by atoms with E-state index >= 15 is 0 Å². The molecule has 1 atom stereocenters. The van der Waals surface area contributed by atoms with Crippen molar-refractivity contribution in [2.24, 2.45) is 0 Å². The van der Waals surface area contributed by atoms with Crippen molar-refractivity contribution in [3.05, 3.63) is 57.1 Å². The van der Waals surface area contributed by atoms with Crippen LogP contribution in [0.5, 0.6) is 0 Å². The molecule has 3 aliphatic rings. The van der Waals surface area contributed by atoms with Crippen molar-refractivity contribution in [1.82, 2.24) is 24.8 Å². The van der Waals surface area contributed by atoms with Crippen LogP contribution in [0.3, 0.4) is 0 Å². The first-order chi connectivity index (χ1) is 16.5. The molecule has 36 heavy (non-hydrogen) atoms. The van der Waals surface area contributed by atoms with Crippen LogP contribution in [-0.4, -0.2) is 56.8 Å². The molecule has 3 aromatic rings. The Balaban J connectivity index is 0.00000152. The molecule has 1 unspecified atom stereocenters. The predicted octanol–water partition coefficient (Wildman–Crippen LogP) is 3.68. The normalized spacial score (nSPS) is 19.4. The van der Waals surface area contributed by atoms with Gasteiger partial charge in [-0.25, -0.2) is 4.98 Å². The Labute approximate surface area is 230 Å². The number of halogens is 3. The molecule has 192 valence electrons. The first-order valence-corrected chi connectivity index (χ1v) is 13.0. The van der Waals surface area contributed by atoms with E-state index in [0.29, 0.717) is 35.7 Å². The largest absolute Gasteiger partial charge is 0.309 e. The molecule has 0 saturated carbocycles. The molecule has 2 N–H and O–H groups in total. The summed E-state index contributed by atoms with van der Waals surface area (Å²) in [6, 6.07) is 7.88. The first kappa shape index (κ1) is 27.2. The first-order valence-electron chi connectivity index (χ1n) is 11.6. The lowest BCUT2D eigenvalue weighted by atomic mass is 9.98. The minimum atomic E-state index is 0. The van der Waals surface area contributed by atoms with Crippen LogP contribution in [-0.2, 0) is 17.9 Å². The number of fused-ring (bicyclic) bond motifs is 1. The molecule has 3 aliphatic heterocycles. The van der Waals surface area contributed by atoms with Crippen LogP contribution in [0.15, 0.2) is 40.2 Å². The lowest BCUT2D eigenvalue weighted by molar-refractivity contribution is -0.113. The van der Waals surface area contributed by atoms with Crippen LogP contribution in [0.1, 0.15) is 30.0 Å². The number of carbonyl (C=O) groups excluding carboxylic acids is 1. The van der Waals surface area contributed by atoms with Crippen molar-refractivity contribution in [2.45, 2.75) is 42.8 Å². The van der Waals surface area contributed by atoms with Crippen molar-refractivity contribution in [2.75, 3.05) is 30.7 Å². The molecule has 3 aromatic heterocycles. The van der Waals surface area contributed by atoms with Gasteiger partial charge < -0.3 is 20.1 Å². The second-order valence-electron chi connectivity index (χ2n) is 9.17. The molecule has 6 rings (SSSR count). The van der Waals surface area contributed by atoms with Crippen molar-refractivity contribution in [1.29, 1.82) is 0 Å². The molecule has 0 aromatic carbocycles. The van der Waals surface area contributed by atoms with Crippen LogP contribution >= 0.6 is 48.2 Å². The highest BCUT2D eigenvalue weighted by atomic mass is 35.5. The van der Waals surface area contributed by atoms with Gasteiger partial charge in [-0.05, 0) is 44.1 Å². The second kappa shape index (κ2) is 11.2. The number of piperidine rings is 1. The molecule has 0 bridgehead atoms. The highest BCUT2D eigenvalue weighted by Gasteiger charge is 2.31. The fourth-order valence-electron chi connectivity index (χ4n) is 5.28. The Hall–Kier alpha value is -1.88. The van der Waals surface area contributed by atoms with E-state index in [9.17, 15) is 9.59 Å². The average Bonchev–Trinajstić information content (AvgIpc) is 3.23. The van der Waals surface area contributed by atoms with Crippen molar-refractivity contribution in [3.8, 4) is 0 Å². The molecule has 6 heterocycles. The molecule has 1 saturated heterocycles. The maximum Gasteiger partial charge on any atom is 0.251 e. The number of nitrogens with zero attached hydrogens (tertiary/aromatic N) is 4. The lowest BCUT2D eigenvalue weighted by Crippen LogP contribution is -2.43. The van der Waals surface area contributed by atoms with Gasteiger partial charge in [0.25, 0.3) is 5.56 Å². The Morgan fingerprint density at radius 1 is 1.14 bits per heavy atom. The van der Waals surface area contributed by atoms with Gasteiger partial charge in [-0.15, -0.1) is 36.6 Å². The monoisotopic (exact) mass is 568 g/mol. The van der Waals surface area contributed by atoms with Crippen LogP contribution < -0.4 is 16.2 Å². The Morgan fingerprint density at radius 2 is 1.94 bits per heavy atom. The van der Waals surface area contributed by atoms with E-state index in [1.807, 2.05) is 16.7 Å². The van der Waals surface area contributed by atoms with Crippen LogP contribution in [0.2, 0.25) is 5.02 Å². The Morgan fingerprint density at radius 3 is 2.75 bits per heavy atom. The van der Waals surface area contributed by atoms with E-state index < -0.39 is 0 Å². The summed E-state index contributed by atoms with van der Waals surface area (Å²) < 4.78 is 1.83. The summed E-state index contributed by atoms with van der Waals surface area (Å²) in [5, 5.41) is 7.14. The number of rotatable bonds is 5. The van der Waals surface area contributed by atoms with Gasteiger partial charge in [-0.3, -0.25) is 14.6 Å². The maximum atomic E-state index is 12.4. The second-order valence-corrected chi connectivity index (χ2v) is 10.6. The smallest absolute Gasteiger partial charge is 0.251 e. The molecule has 8 nitrogen and oxygen atoms in total. The highest BCUT2D eigenvalue weighted by Crippen LogP contribution is 2.37. The highest BCUT2D eigenvalue weighted by molar-refractivity contribution is 8.00. The molecular weight excluding hydrogens is 543 g/mol. The van der Waals surface area contributed by atoms with Crippen LogP contribution in [0, 0.1) is 0 Å². The number of anilines is 1. The van der Waals surface area contributed by atoms with E-state index in [0.717, 1.165) is 59.7 Å². The fraction of sp³-hybridized carbons (Fsp3) is 0.417. The van der Waals surface area contributed by atoms with Gasteiger partial charge in [0.1, 0.15) is 5.82 Å². The SMILES string of the molecule is Cl.Cl.O=C1CSc2ccc(CNC3CCN(CC4Cn5c(=O)ccc6ncc(Cl)c4c65)CC3)nc2N1. The third-order valence-corrected chi connectivity index (χ3v) is 8.32. The van der Waals surface area contributed by atoms with E-state index in [2.05, 4.69) is 25.5 Å². The summed E-state index contributed by atoms with van der Waals surface area (Å²) in [4.78, 5) is 36.6. The molecule has 1 fully saturated rings. The summed E-state index contributed by atoms with van der Waals surface area (Å²) in [5.41, 5.74) is 3.74. The van der Waals surface area contributed by atoms with Crippen LogP contribution in [0.4, 0.5) is 5.82 Å². The van der Waals surface area contributed by atoms with Gasteiger partial charge in [-0.2, -0.15) is 0 Å². The molecule has 1 amide bonds. The third kappa shape index (κ3) is 5.23. The average molecular weight is 570 g/mol. The van der Waals surface area contributed by atoms with Gasteiger partial charge in [0.15, 0.2) is 0 Å². The summed E-state index contributed by atoms with van der Waals surface area (Å²) in [7, 11) is 0. The Kier molecular flexibility index (Phi) is 8.49. The van der Waals surface area contributed by atoms with E-state index in [4.69, 9.17) is 11.6 Å². The standard InChI is InChI=1S/C24H25ClN6O2S.2ClH/c25-17-10-27-18-2-4-21(33)31-12-14(22(17)23(18)31)11-30-7-5-15(6-8-30)26-9-16-1-3-19-24(28-16)29-20(32)13-34-19;;/h1-4,10,14-15,26H,5-9,11-13H2,(H,28,29,32);2*1H. The Bertz CT molecular complexity index is 1350. The quantitative estimate of drug-likeness (QED) is 0.484. The number of thioether (sulfide) groups is 1. The van der Waals surface area contributed by atoms with Crippen molar-refractivity contribution < 1.29 is 4.79 Å². The zero-order chi connectivity index (χ0) is 23.2. The van der Waals surface area contributed by atoms with Gasteiger partial charge >= 0.3 is 0 Å². The number of hydrogen-bond donors (Lipinski definition) is 2. The molecular formula is C24H27Cl3N6O2S. The van der Waals surface area contributed by atoms with Gasteiger partial charge in [0, 0.05) is 49.4 Å². The number of hydrogen-bond acceptors (Lipinski definition) is 7. The topological polar surface area (TPSA) is 92.2 Å². The summed E-state index contributed by atoms with van der Waals surface area (Å²) in [6.07, 6.45) is 3.81. The maximum absolute atomic E-state index is 12.4. The minimum absolute atomic E-state index is 0. The van der Waals surface area contributed by atoms with Gasteiger partial charge in [-0.1, -0.05) is 11.6 Å². The summed E-state index contributed by atoms with van der Waals surface area (Å²) in [6.45, 7) is 4.22. The van der Waals surface area contributed by atoms with Gasteiger partial charge in [0.05, 0.1) is 32.4 Å². The van der Waals surface area contributed by atoms with Crippen LogP contribution in [0.25, 0.3) is 11.0 Å². The number of carbonyl (C=O) groups is 1. The molecule has 0 aliphatic carbocycles. The van der Waals surface area contributed by atoms with E-state index in [1.54, 1.807) is 18.3 Å². The van der Waals surface area contributed by atoms with Crippen molar-refractivity contribution in [3.63, 3.8) is 0 Å². The predicted molar refractivity (Wildman–Crippen MR) is 148 cm³/mol. The fourth-order valence-corrected chi connectivity index (χ4v) is 6.33. The zero-order valence-electron chi connectivity index (χ0n) is 19.4. The number of aromatic nitrogens is 3. The number of likely N-dealkylation sites (tertiary alicyclic amines) is 1. The minimum Gasteiger partial charge on any atom is -0.309 e. The lowest BCUT2D eigenvalue weighted by Gasteiger charge is -2.34. The van der Waals surface area contributed by atoms with E-state index in [-0.39, 0.29) is 42.2 Å².